The number of aromatic nitrogens is 3. The molecule has 0 aliphatic carbocycles. The zero-order chi connectivity index (χ0) is 13.3. The highest BCUT2D eigenvalue weighted by Gasteiger charge is 2.13. The molecule has 18 heavy (non-hydrogen) atoms. The largest absolute Gasteiger partial charge is 0.419 e. The van der Waals surface area contributed by atoms with Gasteiger partial charge in [-0.15, -0.1) is 0 Å². The Kier molecular flexibility index (Phi) is 3.60. The van der Waals surface area contributed by atoms with Gasteiger partial charge in [0.05, 0.1) is 10.7 Å². The number of nitrogens with two attached hydrogens (primary N) is 1. The molecule has 0 aliphatic rings. The summed E-state index contributed by atoms with van der Waals surface area (Å²) in [5.41, 5.74) is 3.19. The van der Waals surface area contributed by atoms with E-state index in [9.17, 15) is 0 Å². The summed E-state index contributed by atoms with van der Waals surface area (Å²) in [6.07, 6.45) is 0. The zero-order valence-electron chi connectivity index (χ0n) is 9.74. The van der Waals surface area contributed by atoms with Crippen LogP contribution in [-0.2, 0) is 7.05 Å². The first-order chi connectivity index (χ1) is 8.51. The number of nitrogen functional groups attached to an aromatic ring is 1. The highest BCUT2D eigenvalue weighted by molar-refractivity contribution is 6.36. The summed E-state index contributed by atoms with van der Waals surface area (Å²) in [7, 11) is 1.76. The number of anilines is 1. The van der Waals surface area contributed by atoms with E-state index in [-0.39, 0.29) is 16.7 Å². The van der Waals surface area contributed by atoms with Crippen molar-refractivity contribution in [2.75, 3.05) is 5.43 Å². The van der Waals surface area contributed by atoms with Crippen LogP contribution >= 0.6 is 23.2 Å². The lowest BCUT2D eigenvalue weighted by molar-refractivity contribution is 0.416. The smallest absolute Gasteiger partial charge is 0.242 e. The van der Waals surface area contributed by atoms with E-state index in [0.717, 1.165) is 5.69 Å². The molecule has 0 radical (unpaired) electrons. The average molecular weight is 288 g/mol. The van der Waals surface area contributed by atoms with Crippen molar-refractivity contribution in [3.05, 3.63) is 27.9 Å². The van der Waals surface area contributed by atoms with Crippen LogP contribution in [0.5, 0.6) is 11.8 Å². The van der Waals surface area contributed by atoms with E-state index in [1.165, 1.54) is 6.07 Å². The molecule has 3 N–H and O–H groups in total. The second-order valence-electron chi connectivity index (χ2n) is 3.60. The molecule has 0 atom stereocenters. The Balaban J connectivity index is 2.37. The van der Waals surface area contributed by atoms with Gasteiger partial charge in [0.15, 0.2) is 5.82 Å². The van der Waals surface area contributed by atoms with Gasteiger partial charge in [0.2, 0.25) is 11.8 Å². The molecule has 8 heteroatoms. The molecule has 6 nitrogen and oxygen atoms in total. The number of ether oxygens (including phenoxy) is 1. The van der Waals surface area contributed by atoms with Gasteiger partial charge in [0.1, 0.15) is 5.02 Å². The quantitative estimate of drug-likeness (QED) is 0.670. The van der Waals surface area contributed by atoms with Gasteiger partial charge in [-0.05, 0) is 13.0 Å². The number of nitrogens with zero attached hydrogens (tertiary/aromatic N) is 3. The highest BCUT2D eigenvalue weighted by Crippen LogP contribution is 2.33. The van der Waals surface area contributed by atoms with Crippen molar-refractivity contribution in [2.24, 2.45) is 12.9 Å². The average Bonchev–Trinajstić information content (AvgIpc) is 2.61. The van der Waals surface area contributed by atoms with Crippen LogP contribution in [-0.4, -0.2) is 14.8 Å². The second kappa shape index (κ2) is 5.01. The third-order valence-corrected chi connectivity index (χ3v) is 2.75. The van der Waals surface area contributed by atoms with E-state index in [4.69, 9.17) is 33.8 Å². The van der Waals surface area contributed by atoms with Crippen LogP contribution in [0.1, 0.15) is 5.69 Å². The summed E-state index contributed by atoms with van der Waals surface area (Å²) in [6.45, 7) is 1.86. The Labute approximate surface area is 114 Å². The summed E-state index contributed by atoms with van der Waals surface area (Å²) in [5, 5.41) is 4.76. The van der Waals surface area contributed by atoms with Gasteiger partial charge in [0.25, 0.3) is 0 Å². The number of hydrogen-bond acceptors (Lipinski definition) is 5. The van der Waals surface area contributed by atoms with Gasteiger partial charge < -0.3 is 10.2 Å². The van der Waals surface area contributed by atoms with Crippen LogP contribution in [0.25, 0.3) is 0 Å². The van der Waals surface area contributed by atoms with Crippen LogP contribution in [0.4, 0.5) is 5.82 Å². The molecule has 2 heterocycles. The first kappa shape index (κ1) is 12.9. The van der Waals surface area contributed by atoms with Gasteiger partial charge in [-0.25, -0.2) is 10.5 Å². The maximum absolute atomic E-state index is 6.00. The predicted molar refractivity (Wildman–Crippen MR) is 70.1 cm³/mol. The molecule has 0 saturated carbocycles. The van der Waals surface area contributed by atoms with E-state index in [2.05, 4.69) is 15.5 Å². The highest BCUT2D eigenvalue weighted by atomic mass is 35.5. The van der Waals surface area contributed by atoms with Gasteiger partial charge in [-0.3, -0.25) is 0 Å². The molecule has 0 saturated heterocycles. The standard InChI is InChI=1S/C10H11Cl2N5O/c1-5-3-8(17(2)16-5)18-10-7(12)4-6(11)9(14-10)15-13/h3-4H,13H2,1-2H3,(H,14,15). The molecular formula is C10H11Cl2N5O. The van der Waals surface area contributed by atoms with Crippen LogP contribution < -0.4 is 16.0 Å². The van der Waals surface area contributed by atoms with Crippen LogP contribution in [0.2, 0.25) is 10.0 Å². The SMILES string of the molecule is Cc1cc(Oc2nc(NN)c(Cl)cc2Cl)n(C)n1. The normalized spacial score (nSPS) is 10.5. The Morgan fingerprint density at radius 2 is 2.06 bits per heavy atom. The summed E-state index contributed by atoms with van der Waals surface area (Å²) < 4.78 is 7.14. The van der Waals surface area contributed by atoms with Crippen LogP contribution in [0.3, 0.4) is 0 Å². The fourth-order valence-corrected chi connectivity index (χ4v) is 1.86. The number of aryl methyl sites for hydroxylation is 2. The van der Waals surface area contributed by atoms with E-state index in [0.29, 0.717) is 10.9 Å². The van der Waals surface area contributed by atoms with Crippen LogP contribution in [0.15, 0.2) is 12.1 Å². The summed E-state index contributed by atoms with van der Waals surface area (Å²) in [6, 6.07) is 3.27. The fraction of sp³-hybridized carbons (Fsp3) is 0.200. The first-order valence-electron chi connectivity index (χ1n) is 5.02. The number of rotatable bonds is 3. The van der Waals surface area contributed by atoms with Crippen molar-refractivity contribution in [3.8, 4) is 11.8 Å². The molecule has 0 aromatic carbocycles. The first-order valence-corrected chi connectivity index (χ1v) is 5.78. The number of nitrogens with one attached hydrogen (secondary N) is 1. The fourth-order valence-electron chi connectivity index (χ4n) is 1.40. The summed E-state index contributed by atoms with van der Waals surface area (Å²) in [5.74, 6) is 6.30. The van der Waals surface area contributed by atoms with E-state index in [1.54, 1.807) is 17.8 Å². The minimum Gasteiger partial charge on any atom is -0.419 e. The Morgan fingerprint density at radius 1 is 1.33 bits per heavy atom. The second-order valence-corrected chi connectivity index (χ2v) is 4.41. The Bertz CT molecular complexity index is 584. The molecule has 0 unspecified atom stereocenters. The number of hydrogen-bond donors (Lipinski definition) is 2. The number of halogens is 2. The number of hydrazine groups is 1. The summed E-state index contributed by atoms with van der Waals surface area (Å²) in [4.78, 5) is 4.07. The van der Waals surface area contributed by atoms with Crippen molar-refractivity contribution in [3.63, 3.8) is 0 Å². The Morgan fingerprint density at radius 3 is 2.61 bits per heavy atom. The third-order valence-electron chi connectivity index (χ3n) is 2.19. The number of pyridine rings is 1. The Hall–Kier alpha value is -1.50. The van der Waals surface area contributed by atoms with Crippen LogP contribution in [0, 0.1) is 6.92 Å². The van der Waals surface area contributed by atoms with Gasteiger partial charge in [-0.2, -0.15) is 10.1 Å². The van der Waals surface area contributed by atoms with Crippen molar-refractivity contribution >= 4 is 29.0 Å². The molecule has 0 aliphatic heterocycles. The van der Waals surface area contributed by atoms with Crippen molar-refractivity contribution in [2.45, 2.75) is 6.92 Å². The van der Waals surface area contributed by atoms with E-state index in [1.807, 2.05) is 6.92 Å². The maximum Gasteiger partial charge on any atom is 0.242 e. The summed E-state index contributed by atoms with van der Waals surface area (Å²) >= 11 is 11.9. The van der Waals surface area contributed by atoms with Gasteiger partial charge in [-0.1, -0.05) is 23.2 Å². The third kappa shape index (κ3) is 2.50. The monoisotopic (exact) mass is 287 g/mol. The van der Waals surface area contributed by atoms with Gasteiger partial charge in [0, 0.05) is 13.1 Å². The van der Waals surface area contributed by atoms with E-state index >= 15 is 0 Å². The molecule has 0 bridgehead atoms. The van der Waals surface area contributed by atoms with Crippen molar-refractivity contribution in [1.82, 2.24) is 14.8 Å². The van der Waals surface area contributed by atoms with E-state index < -0.39 is 0 Å². The molecule has 0 fully saturated rings. The molecule has 0 amide bonds. The minimum absolute atomic E-state index is 0.206. The topological polar surface area (TPSA) is 78.0 Å². The molecular weight excluding hydrogens is 277 g/mol. The van der Waals surface area contributed by atoms with Crippen molar-refractivity contribution < 1.29 is 4.74 Å². The minimum atomic E-state index is 0.206. The lowest BCUT2D eigenvalue weighted by Gasteiger charge is -2.09. The maximum atomic E-state index is 6.00. The zero-order valence-corrected chi connectivity index (χ0v) is 11.2. The molecule has 2 aromatic rings. The molecule has 0 spiro atoms. The van der Waals surface area contributed by atoms with Gasteiger partial charge >= 0.3 is 0 Å². The van der Waals surface area contributed by atoms with Crippen molar-refractivity contribution in [1.29, 1.82) is 0 Å². The predicted octanol–water partition coefficient (Wildman–Crippen LogP) is 2.51. The lowest BCUT2D eigenvalue weighted by Crippen LogP contribution is -2.09. The lowest BCUT2D eigenvalue weighted by atomic mass is 10.4. The molecule has 2 rings (SSSR count). The molecule has 96 valence electrons. The molecule has 2 aromatic heterocycles.